The SMILES string of the molecule is CCOc1ccc2c(c1)CCN(C=O)[C@H]2CCc1c[nH]c2ccc(OC)cc12. The molecule has 1 atom stereocenters. The lowest BCUT2D eigenvalue weighted by molar-refractivity contribution is -0.120. The monoisotopic (exact) mass is 378 g/mol. The van der Waals surface area contributed by atoms with Crippen molar-refractivity contribution in [2.24, 2.45) is 0 Å². The molecule has 1 aliphatic heterocycles. The van der Waals surface area contributed by atoms with Crippen molar-refractivity contribution in [2.45, 2.75) is 32.2 Å². The van der Waals surface area contributed by atoms with Gasteiger partial charge in [-0.25, -0.2) is 0 Å². The van der Waals surface area contributed by atoms with Gasteiger partial charge in [-0.1, -0.05) is 6.07 Å². The number of H-pyrrole nitrogens is 1. The van der Waals surface area contributed by atoms with Gasteiger partial charge in [-0.05, 0) is 73.2 Å². The minimum absolute atomic E-state index is 0.0903. The number of carbonyl (C=O) groups excluding carboxylic acids is 1. The summed E-state index contributed by atoms with van der Waals surface area (Å²) in [5.74, 6) is 1.76. The first-order valence-electron chi connectivity index (χ1n) is 9.84. The highest BCUT2D eigenvalue weighted by molar-refractivity contribution is 5.84. The first kappa shape index (κ1) is 18.4. The van der Waals surface area contributed by atoms with Crippen LogP contribution >= 0.6 is 0 Å². The largest absolute Gasteiger partial charge is 0.497 e. The summed E-state index contributed by atoms with van der Waals surface area (Å²) in [6.07, 6.45) is 5.69. The third-order valence-corrected chi connectivity index (χ3v) is 5.62. The molecule has 0 bridgehead atoms. The highest BCUT2D eigenvalue weighted by Gasteiger charge is 2.26. The lowest BCUT2D eigenvalue weighted by Crippen LogP contribution is -2.34. The Balaban J connectivity index is 1.59. The van der Waals surface area contributed by atoms with Crippen molar-refractivity contribution in [3.8, 4) is 11.5 Å². The number of benzene rings is 2. The highest BCUT2D eigenvalue weighted by Crippen LogP contribution is 2.35. The van der Waals surface area contributed by atoms with Gasteiger partial charge in [0, 0.05) is 23.6 Å². The van der Waals surface area contributed by atoms with Crippen LogP contribution in [0.15, 0.2) is 42.6 Å². The van der Waals surface area contributed by atoms with Gasteiger partial charge in [0.1, 0.15) is 11.5 Å². The molecule has 2 aromatic carbocycles. The van der Waals surface area contributed by atoms with E-state index in [1.807, 2.05) is 30.0 Å². The van der Waals surface area contributed by atoms with Crippen LogP contribution in [0, 0.1) is 0 Å². The average molecular weight is 378 g/mol. The molecule has 28 heavy (non-hydrogen) atoms. The van der Waals surface area contributed by atoms with Crippen LogP contribution in [0.5, 0.6) is 11.5 Å². The van der Waals surface area contributed by atoms with Crippen LogP contribution in [0.1, 0.15) is 36.1 Å². The quantitative estimate of drug-likeness (QED) is 0.625. The zero-order valence-corrected chi connectivity index (χ0v) is 16.4. The van der Waals surface area contributed by atoms with Crippen molar-refractivity contribution in [3.63, 3.8) is 0 Å². The predicted molar refractivity (Wildman–Crippen MR) is 110 cm³/mol. The molecule has 3 aromatic rings. The van der Waals surface area contributed by atoms with Gasteiger partial charge in [0.15, 0.2) is 0 Å². The molecule has 2 heterocycles. The molecule has 146 valence electrons. The Morgan fingerprint density at radius 3 is 2.86 bits per heavy atom. The molecule has 1 aromatic heterocycles. The third-order valence-electron chi connectivity index (χ3n) is 5.62. The zero-order valence-electron chi connectivity index (χ0n) is 16.4. The molecular formula is C23H26N2O3. The van der Waals surface area contributed by atoms with E-state index in [4.69, 9.17) is 9.47 Å². The van der Waals surface area contributed by atoms with Crippen LogP contribution in [-0.2, 0) is 17.6 Å². The number of nitrogens with one attached hydrogen (secondary N) is 1. The van der Waals surface area contributed by atoms with Crippen molar-refractivity contribution in [2.75, 3.05) is 20.3 Å². The maximum atomic E-state index is 11.7. The van der Waals surface area contributed by atoms with E-state index in [1.165, 1.54) is 22.1 Å². The van der Waals surface area contributed by atoms with E-state index in [2.05, 4.69) is 29.4 Å². The summed E-state index contributed by atoms with van der Waals surface area (Å²) in [6.45, 7) is 3.40. The van der Waals surface area contributed by atoms with Gasteiger partial charge in [0.05, 0.1) is 19.8 Å². The normalized spacial score (nSPS) is 16.1. The number of rotatable bonds is 7. The number of methoxy groups -OCH3 is 1. The number of aromatic amines is 1. The lowest BCUT2D eigenvalue weighted by Gasteiger charge is -2.35. The average Bonchev–Trinajstić information content (AvgIpc) is 3.14. The van der Waals surface area contributed by atoms with Gasteiger partial charge in [-0.2, -0.15) is 0 Å². The Hall–Kier alpha value is -2.95. The molecule has 5 heteroatoms. The summed E-state index contributed by atoms with van der Waals surface area (Å²) in [5, 5.41) is 1.18. The molecule has 0 radical (unpaired) electrons. The minimum atomic E-state index is 0.0903. The topological polar surface area (TPSA) is 54.6 Å². The molecule has 1 amide bonds. The van der Waals surface area contributed by atoms with Crippen molar-refractivity contribution in [1.29, 1.82) is 0 Å². The van der Waals surface area contributed by atoms with E-state index in [1.54, 1.807) is 7.11 Å². The number of hydrogen-bond donors (Lipinski definition) is 1. The minimum Gasteiger partial charge on any atom is -0.497 e. The summed E-state index contributed by atoms with van der Waals surface area (Å²) in [5.41, 5.74) is 4.88. The van der Waals surface area contributed by atoms with Gasteiger partial charge in [0.2, 0.25) is 6.41 Å². The first-order valence-corrected chi connectivity index (χ1v) is 9.84. The standard InChI is InChI=1S/C23H26N2O3/c1-3-28-19-5-7-20-16(12-19)10-11-25(15-26)23(20)9-4-17-14-24-22-8-6-18(27-2)13-21(17)22/h5-8,12-15,23-24H,3-4,9-11H2,1-2H3/t23-/m0/s1. The zero-order chi connectivity index (χ0) is 19.5. The van der Waals surface area contributed by atoms with Crippen LogP contribution in [-0.4, -0.2) is 36.6 Å². The third kappa shape index (κ3) is 3.44. The highest BCUT2D eigenvalue weighted by atomic mass is 16.5. The number of ether oxygens (including phenoxy) is 2. The van der Waals surface area contributed by atoms with Crippen molar-refractivity contribution >= 4 is 17.3 Å². The molecule has 5 nitrogen and oxygen atoms in total. The van der Waals surface area contributed by atoms with E-state index < -0.39 is 0 Å². The molecule has 0 spiro atoms. The van der Waals surface area contributed by atoms with E-state index >= 15 is 0 Å². The van der Waals surface area contributed by atoms with Gasteiger partial charge in [0.25, 0.3) is 0 Å². The molecule has 0 saturated carbocycles. The number of nitrogens with zero attached hydrogens (tertiary/aromatic N) is 1. The number of amides is 1. The number of carbonyl (C=O) groups is 1. The number of fused-ring (bicyclic) bond motifs is 2. The molecule has 1 aliphatic rings. The fraction of sp³-hybridized carbons (Fsp3) is 0.348. The maximum absolute atomic E-state index is 11.7. The van der Waals surface area contributed by atoms with Gasteiger partial charge in [-0.3, -0.25) is 4.79 Å². The van der Waals surface area contributed by atoms with E-state index in [0.717, 1.165) is 49.2 Å². The number of aromatic nitrogens is 1. The summed E-state index contributed by atoms with van der Waals surface area (Å²) >= 11 is 0. The predicted octanol–water partition coefficient (Wildman–Crippen LogP) is 4.26. The second-order valence-electron chi connectivity index (χ2n) is 7.17. The molecule has 0 saturated heterocycles. The van der Waals surface area contributed by atoms with Crippen LogP contribution < -0.4 is 9.47 Å². The Bertz CT molecular complexity index is 979. The fourth-order valence-electron chi connectivity index (χ4n) is 4.20. The van der Waals surface area contributed by atoms with Crippen LogP contribution in [0.25, 0.3) is 10.9 Å². The van der Waals surface area contributed by atoms with Gasteiger partial charge in [-0.15, -0.1) is 0 Å². The maximum Gasteiger partial charge on any atom is 0.210 e. The summed E-state index contributed by atoms with van der Waals surface area (Å²) < 4.78 is 11.0. The van der Waals surface area contributed by atoms with E-state index in [9.17, 15) is 4.79 Å². The first-order chi connectivity index (χ1) is 13.7. The second-order valence-corrected chi connectivity index (χ2v) is 7.17. The number of hydrogen-bond acceptors (Lipinski definition) is 3. The van der Waals surface area contributed by atoms with E-state index in [-0.39, 0.29) is 6.04 Å². The lowest BCUT2D eigenvalue weighted by atomic mass is 9.89. The van der Waals surface area contributed by atoms with Crippen LogP contribution in [0.2, 0.25) is 0 Å². The van der Waals surface area contributed by atoms with E-state index in [0.29, 0.717) is 6.61 Å². The van der Waals surface area contributed by atoms with Crippen molar-refractivity contribution in [1.82, 2.24) is 9.88 Å². The smallest absolute Gasteiger partial charge is 0.210 e. The summed E-state index contributed by atoms with van der Waals surface area (Å²) in [7, 11) is 1.69. The van der Waals surface area contributed by atoms with Crippen LogP contribution in [0.4, 0.5) is 0 Å². The molecule has 4 rings (SSSR count). The Morgan fingerprint density at radius 2 is 2.07 bits per heavy atom. The summed E-state index contributed by atoms with van der Waals surface area (Å²) in [6, 6.07) is 12.4. The van der Waals surface area contributed by atoms with Gasteiger partial charge >= 0.3 is 0 Å². The van der Waals surface area contributed by atoms with Crippen molar-refractivity contribution in [3.05, 3.63) is 59.3 Å². The molecular weight excluding hydrogens is 352 g/mol. The Labute approximate surface area is 165 Å². The Morgan fingerprint density at radius 1 is 1.21 bits per heavy atom. The molecule has 0 unspecified atom stereocenters. The molecule has 1 N–H and O–H groups in total. The molecule has 0 aliphatic carbocycles. The fourth-order valence-corrected chi connectivity index (χ4v) is 4.20. The second kappa shape index (κ2) is 7.97. The molecule has 0 fully saturated rings. The summed E-state index contributed by atoms with van der Waals surface area (Å²) in [4.78, 5) is 17.0. The van der Waals surface area contributed by atoms with Gasteiger partial charge < -0.3 is 19.4 Å². The van der Waals surface area contributed by atoms with Crippen LogP contribution in [0.3, 0.4) is 0 Å². The number of aryl methyl sites for hydroxylation is 1. The van der Waals surface area contributed by atoms with Crippen molar-refractivity contribution < 1.29 is 14.3 Å². The Kier molecular flexibility index (Phi) is 5.24.